The second kappa shape index (κ2) is 10.6. The number of pyridine rings is 1. The lowest BCUT2D eigenvalue weighted by molar-refractivity contribution is -0.137. The van der Waals surface area contributed by atoms with Crippen molar-refractivity contribution >= 4 is 29.1 Å². The highest BCUT2D eigenvalue weighted by molar-refractivity contribution is 6.42. The molecule has 0 bridgehead atoms. The maximum Gasteiger partial charge on any atom is 0.416 e. The molecule has 1 amide bonds. The number of amides is 1. The minimum atomic E-state index is -4.42. The fourth-order valence-corrected chi connectivity index (χ4v) is 4.71. The number of benzene rings is 2. The van der Waals surface area contributed by atoms with E-state index in [2.05, 4.69) is 4.98 Å². The van der Waals surface area contributed by atoms with E-state index >= 15 is 0 Å². The first-order chi connectivity index (χ1) is 17.1. The molecule has 1 aliphatic heterocycles. The molecule has 190 valence electrons. The van der Waals surface area contributed by atoms with Gasteiger partial charge in [0, 0.05) is 37.2 Å². The number of methoxy groups -OCH3 is 1. The van der Waals surface area contributed by atoms with E-state index in [1.165, 1.54) is 25.4 Å². The van der Waals surface area contributed by atoms with Crippen LogP contribution in [0.2, 0.25) is 10.0 Å². The molecule has 0 saturated carbocycles. The first-order valence-corrected chi connectivity index (χ1v) is 11.9. The Morgan fingerprint density at radius 1 is 1.06 bits per heavy atom. The molecule has 1 aliphatic rings. The average Bonchev–Trinajstić information content (AvgIpc) is 3.31. The molecule has 1 aromatic heterocycles. The maximum atomic E-state index is 13.3. The second-order valence-corrected chi connectivity index (χ2v) is 9.40. The molecule has 2 aromatic carbocycles. The fraction of sp³-hybridized carbons (Fsp3) is 0.308. The number of alkyl halides is 3. The van der Waals surface area contributed by atoms with Gasteiger partial charge >= 0.3 is 6.18 Å². The summed E-state index contributed by atoms with van der Waals surface area (Å²) in [6.45, 7) is 2.61. The van der Waals surface area contributed by atoms with Gasteiger partial charge in [-0.15, -0.1) is 0 Å². The highest BCUT2D eigenvalue weighted by Crippen LogP contribution is 2.39. The normalized spacial score (nSPS) is 18.7. The number of nitrogens with zero attached hydrogens (tertiary/aromatic N) is 2. The summed E-state index contributed by atoms with van der Waals surface area (Å²) in [6.07, 6.45) is -3.38. The third kappa shape index (κ3) is 5.71. The summed E-state index contributed by atoms with van der Waals surface area (Å²) in [5.74, 6) is 0.212. The predicted octanol–water partition coefficient (Wildman–Crippen LogP) is 6.74. The van der Waals surface area contributed by atoms with Gasteiger partial charge in [-0.25, -0.2) is 4.98 Å². The van der Waals surface area contributed by atoms with E-state index in [1.807, 2.05) is 13.0 Å². The van der Waals surface area contributed by atoms with Crippen molar-refractivity contribution in [1.29, 1.82) is 0 Å². The van der Waals surface area contributed by atoms with Gasteiger partial charge in [0.1, 0.15) is 11.9 Å². The van der Waals surface area contributed by atoms with E-state index in [1.54, 1.807) is 29.2 Å². The highest BCUT2D eigenvalue weighted by atomic mass is 35.5. The topological polar surface area (TPSA) is 51.7 Å². The van der Waals surface area contributed by atoms with Crippen LogP contribution in [0.3, 0.4) is 0 Å². The molecule has 4 rings (SSSR count). The monoisotopic (exact) mass is 538 g/mol. The fourth-order valence-electron chi connectivity index (χ4n) is 4.40. The van der Waals surface area contributed by atoms with Crippen LogP contribution < -0.4 is 9.47 Å². The molecule has 0 spiro atoms. The van der Waals surface area contributed by atoms with Gasteiger partial charge in [-0.2, -0.15) is 13.2 Å². The molecule has 3 atom stereocenters. The molecule has 3 aromatic rings. The minimum Gasteiger partial charge on any atom is -0.490 e. The Hall–Kier alpha value is -2.97. The lowest BCUT2D eigenvalue weighted by Crippen LogP contribution is -2.32. The van der Waals surface area contributed by atoms with Gasteiger partial charge in [-0.3, -0.25) is 4.79 Å². The average molecular weight is 539 g/mol. The number of rotatable bonds is 6. The Morgan fingerprint density at radius 2 is 1.78 bits per heavy atom. The Balaban J connectivity index is 1.58. The van der Waals surface area contributed by atoms with E-state index in [-0.39, 0.29) is 17.7 Å². The van der Waals surface area contributed by atoms with Crippen LogP contribution in [0, 0.1) is 5.92 Å². The summed E-state index contributed by atoms with van der Waals surface area (Å²) >= 11 is 12.4. The molecule has 10 heteroatoms. The van der Waals surface area contributed by atoms with E-state index in [4.69, 9.17) is 32.7 Å². The van der Waals surface area contributed by atoms with Crippen molar-refractivity contribution in [3.63, 3.8) is 0 Å². The number of halogens is 5. The van der Waals surface area contributed by atoms with Crippen molar-refractivity contribution in [2.75, 3.05) is 20.2 Å². The molecule has 1 saturated heterocycles. The van der Waals surface area contributed by atoms with Gasteiger partial charge in [-0.1, -0.05) is 29.3 Å². The molecule has 5 nitrogen and oxygen atoms in total. The predicted molar refractivity (Wildman–Crippen MR) is 131 cm³/mol. The summed E-state index contributed by atoms with van der Waals surface area (Å²) in [5.41, 5.74) is 0.558. The van der Waals surface area contributed by atoms with Gasteiger partial charge in [0.2, 0.25) is 5.88 Å². The van der Waals surface area contributed by atoms with Gasteiger partial charge in [0.05, 0.1) is 28.3 Å². The molecule has 0 aliphatic carbocycles. The van der Waals surface area contributed by atoms with E-state index in [0.717, 1.165) is 17.7 Å². The van der Waals surface area contributed by atoms with Crippen molar-refractivity contribution in [2.45, 2.75) is 25.1 Å². The third-order valence-electron chi connectivity index (χ3n) is 6.32. The number of ether oxygens (including phenoxy) is 2. The lowest BCUT2D eigenvalue weighted by Gasteiger charge is -2.26. The first kappa shape index (κ1) is 26.1. The van der Waals surface area contributed by atoms with Crippen LogP contribution in [-0.4, -0.2) is 42.1 Å². The zero-order valence-electron chi connectivity index (χ0n) is 19.4. The van der Waals surface area contributed by atoms with Gasteiger partial charge in [0.25, 0.3) is 5.91 Å². The largest absolute Gasteiger partial charge is 0.490 e. The molecule has 1 unspecified atom stereocenters. The quantitative estimate of drug-likeness (QED) is 0.348. The number of carbonyl (C=O) groups excluding carboxylic acids is 1. The third-order valence-corrected chi connectivity index (χ3v) is 7.06. The summed E-state index contributed by atoms with van der Waals surface area (Å²) in [6, 6.07) is 13.2. The highest BCUT2D eigenvalue weighted by Gasteiger charge is 2.40. The van der Waals surface area contributed by atoms with Crippen molar-refractivity contribution < 1.29 is 27.4 Å². The van der Waals surface area contributed by atoms with Crippen LogP contribution in [-0.2, 0) is 6.18 Å². The van der Waals surface area contributed by atoms with Crippen molar-refractivity contribution in [2.24, 2.45) is 5.92 Å². The van der Waals surface area contributed by atoms with Gasteiger partial charge < -0.3 is 14.4 Å². The Kier molecular flexibility index (Phi) is 7.66. The van der Waals surface area contributed by atoms with Gasteiger partial charge in [0.15, 0.2) is 0 Å². The van der Waals surface area contributed by atoms with Crippen LogP contribution in [0.1, 0.15) is 34.3 Å². The molecule has 0 radical (unpaired) electrons. The Bertz CT molecular complexity index is 1220. The number of hydrogen-bond donors (Lipinski definition) is 0. The molecular weight excluding hydrogens is 516 g/mol. The SMILES string of the molecule is COc1ccc(C(=O)N2CC([C@@H](C)Oc3ccc(C(F)(F)F)cc3)[C@H](c3ccc(Cl)c(Cl)c3)C2)cn1. The van der Waals surface area contributed by atoms with Crippen LogP contribution in [0.25, 0.3) is 0 Å². The molecule has 2 heterocycles. The maximum absolute atomic E-state index is 13.3. The lowest BCUT2D eigenvalue weighted by atomic mass is 9.85. The zero-order chi connectivity index (χ0) is 26.0. The first-order valence-electron chi connectivity index (χ1n) is 11.1. The number of aromatic nitrogens is 1. The summed E-state index contributed by atoms with van der Waals surface area (Å²) in [7, 11) is 1.49. The van der Waals surface area contributed by atoms with E-state index in [0.29, 0.717) is 40.3 Å². The van der Waals surface area contributed by atoms with Crippen molar-refractivity contribution in [3.05, 3.63) is 87.5 Å². The van der Waals surface area contributed by atoms with Crippen LogP contribution in [0.15, 0.2) is 60.8 Å². The summed E-state index contributed by atoms with van der Waals surface area (Å²) in [4.78, 5) is 19.1. The van der Waals surface area contributed by atoms with E-state index < -0.39 is 17.8 Å². The Morgan fingerprint density at radius 3 is 2.36 bits per heavy atom. The summed E-state index contributed by atoms with van der Waals surface area (Å²) in [5, 5.41) is 0.814. The van der Waals surface area contributed by atoms with Crippen LogP contribution in [0.5, 0.6) is 11.6 Å². The second-order valence-electron chi connectivity index (χ2n) is 8.59. The minimum absolute atomic E-state index is 0.139. The van der Waals surface area contributed by atoms with Crippen LogP contribution in [0.4, 0.5) is 13.2 Å². The Labute approximate surface area is 216 Å². The number of likely N-dealkylation sites (tertiary alicyclic amines) is 1. The standard InChI is InChI=1S/C26H23Cl2F3N2O3/c1-15(36-19-7-5-18(6-8-19)26(29,30)31)20-13-33(25(34)17-4-10-24(35-2)32-12-17)14-21(20)16-3-9-22(27)23(28)11-16/h3-12,15,20-21H,13-14H2,1-2H3/t15-,20?,21+/m1/s1. The van der Waals surface area contributed by atoms with E-state index in [9.17, 15) is 18.0 Å². The number of hydrogen-bond acceptors (Lipinski definition) is 4. The van der Waals surface area contributed by atoms with Crippen molar-refractivity contribution in [3.8, 4) is 11.6 Å². The smallest absolute Gasteiger partial charge is 0.416 e. The molecule has 36 heavy (non-hydrogen) atoms. The van der Waals surface area contributed by atoms with Crippen molar-refractivity contribution in [1.82, 2.24) is 9.88 Å². The molecule has 0 N–H and O–H groups in total. The van der Waals surface area contributed by atoms with Crippen LogP contribution >= 0.6 is 23.2 Å². The number of carbonyl (C=O) groups is 1. The van der Waals surface area contributed by atoms with Gasteiger partial charge in [-0.05, 0) is 55.0 Å². The summed E-state index contributed by atoms with van der Waals surface area (Å²) < 4.78 is 49.9. The molecular formula is C26H23Cl2F3N2O3. The molecule has 1 fully saturated rings. The zero-order valence-corrected chi connectivity index (χ0v) is 20.9.